The molecule has 0 aliphatic heterocycles. The van der Waals surface area contributed by atoms with E-state index in [9.17, 15) is 9.59 Å². The predicted octanol–water partition coefficient (Wildman–Crippen LogP) is 1.61. The van der Waals surface area contributed by atoms with Crippen LogP contribution in [0, 0.1) is 0 Å². The van der Waals surface area contributed by atoms with Gasteiger partial charge < -0.3 is 10.4 Å². The second kappa shape index (κ2) is 8.14. The number of aryl methyl sites for hydroxylation is 1. The lowest BCUT2D eigenvalue weighted by Gasteiger charge is -2.03. The van der Waals surface area contributed by atoms with Gasteiger partial charge in [0.25, 0.3) is 0 Å². The van der Waals surface area contributed by atoms with Crippen molar-refractivity contribution in [2.45, 2.75) is 12.8 Å². The number of hydrogen-bond acceptors (Lipinski definition) is 4. The summed E-state index contributed by atoms with van der Waals surface area (Å²) in [6, 6.07) is 2.01. The molecule has 0 saturated carbocycles. The van der Waals surface area contributed by atoms with Gasteiger partial charge in [0.15, 0.2) is 0 Å². The SMILES string of the molecule is O=C(O)CSCCNC(=O)CCc1ccsc1. The van der Waals surface area contributed by atoms with E-state index in [0.29, 0.717) is 18.7 Å². The fourth-order valence-corrected chi connectivity index (χ4v) is 2.47. The van der Waals surface area contributed by atoms with Gasteiger partial charge >= 0.3 is 5.97 Å². The molecule has 0 atom stereocenters. The minimum absolute atomic E-state index is 0.0205. The first-order chi connectivity index (χ1) is 8.18. The Morgan fingerprint density at radius 1 is 1.47 bits per heavy atom. The Morgan fingerprint density at radius 3 is 2.94 bits per heavy atom. The maximum atomic E-state index is 11.4. The molecule has 1 amide bonds. The third-order valence-corrected chi connectivity index (χ3v) is 3.69. The number of carbonyl (C=O) groups excluding carboxylic acids is 1. The number of carboxylic acid groups (broad SMARTS) is 1. The van der Waals surface area contributed by atoms with Crippen LogP contribution in [0.25, 0.3) is 0 Å². The molecule has 1 aromatic rings. The highest BCUT2D eigenvalue weighted by Gasteiger charge is 2.02. The van der Waals surface area contributed by atoms with Gasteiger partial charge in [-0.05, 0) is 28.8 Å². The number of carboxylic acids is 1. The zero-order valence-corrected chi connectivity index (χ0v) is 11.0. The second-order valence-electron chi connectivity index (χ2n) is 3.43. The van der Waals surface area contributed by atoms with Crippen molar-refractivity contribution in [2.75, 3.05) is 18.1 Å². The average molecular weight is 273 g/mol. The minimum Gasteiger partial charge on any atom is -0.481 e. The minimum atomic E-state index is -0.821. The van der Waals surface area contributed by atoms with Crippen molar-refractivity contribution in [1.82, 2.24) is 5.32 Å². The molecular formula is C11H15NO3S2. The van der Waals surface area contributed by atoms with Gasteiger partial charge in [-0.15, -0.1) is 11.8 Å². The van der Waals surface area contributed by atoms with Crippen molar-refractivity contribution < 1.29 is 14.7 Å². The largest absolute Gasteiger partial charge is 0.481 e. The molecule has 0 aliphatic carbocycles. The summed E-state index contributed by atoms with van der Waals surface area (Å²) in [7, 11) is 0. The molecule has 0 unspecified atom stereocenters. The molecule has 6 heteroatoms. The highest BCUT2D eigenvalue weighted by atomic mass is 32.2. The topological polar surface area (TPSA) is 66.4 Å². The highest BCUT2D eigenvalue weighted by molar-refractivity contribution is 7.99. The summed E-state index contributed by atoms with van der Waals surface area (Å²) < 4.78 is 0. The van der Waals surface area contributed by atoms with Crippen LogP contribution in [0.15, 0.2) is 16.8 Å². The Morgan fingerprint density at radius 2 is 2.29 bits per heavy atom. The first-order valence-corrected chi connectivity index (χ1v) is 7.35. The molecule has 0 aromatic carbocycles. The first kappa shape index (κ1) is 14.1. The molecule has 0 aliphatic rings. The Hall–Kier alpha value is -1.01. The van der Waals surface area contributed by atoms with Gasteiger partial charge in [-0.2, -0.15) is 11.3 Å². The maximum Gasteiger partial charge on any atom is 0.313 e. The molecule has 94 valence electrons. The van der Waals surface area contributed by atoms with E-state index < -0.39 is 5.97 Å². The Kier molecular flexibility index (Phi) is 6.73. The van der Waals surface area contributed by atoms with E-state index in [1.165, 1.54) is 17.3 Å². The van der Waals surface area contributed by atoms with E-state index in [0.717, 1.165) is 6.42 Å². The lowest BCUT2D eigenvalue weighted by molar-refractivity contribution is -0.133. The van der Waals surface area contributed by atoms with E-state index in [4.69, 9.17) is 5.11 Å². The summed E-state index contributed by atoms with van der Waals surface area (Å²) in [6.45, 7) is 0.528. The maximum absolute atomic E-state index is 11.4. The molecule has 2 N–H and O–H groups in total. The molecule has 4 nitrogen and oxygen atoms in total. The number of amides is 1. The van der Waals surface area contributed by atoms with Gasteiger partial charge in [-0.3, -0.25) is 9.59 Å². The van der Waals surface area contributed by atoms with Crippen LogP contribution in [-0.2, 0) is 16.0 Å². The van der Waals surface area contributed by atoms with E-state index in [-0.39, 0.29) is 11.7 Å². The van der Waals surface area contributed by atoms with Crippen LogP contribution in [0.4, 0.5) is 0 Å². The number of aliphatic carboxylic acids is 1. The first-order valence-electron chi connectivity index (χ1n) is 5.26. The average Bonchev–Trinajstić information content (AvgIpc) is 2.78. The molecule has 0 spiro atoms. The third-order valence-electron chi connectivity index (χ3n) is 2.01. The number of hydrogen-bond donors (Lipinski definition) is 2. The van der Waals surface area contributed by atoms with Crippen molar-refractivity contribution in [1.29, 1.82) is 0 Å². The number of carbonyl (C=O) groups is 2. The monoisotopic (exact) mass is 273 g/mol. The summed E-state index contributed by atoms with van der Waals surface area (Å²) in [6.07, 6.45) is 1.25. The quantitative estimate of drug-likeness (QED) is 0.706. The van der Waals surface area contributed by atoms with Gasteiger partial charge in [-0.1, -0.05) is 0 Å². The summed E-state index contributed by atoms with van der Waals surface area (Å²) in [4.78, 5) is 21.6. The van der Waals surface area contributed by atoms with E-state index in [1.807, 2.05) is 16.8 Å². The van der Waals surface area contributed by atoms with Gasteiger partial charge in [0.2, 0.25) is 5.91 Å². The lowest BCUT2D eigenvalue weighted by atomic mass is 10.2. The summed E-state index contributed by atoms with van der Waals surface area (Å²) in [5, 5.41) is 15.2. The molecule has 0 radical (unpaired) electrons. The van der Waals surface area contributed by atoms with Crippen molar-refractivity contribution in [3.05, 3.63) is 22.4 Å². The van der Waals surface area contributed by atoms with E-state index in [1.54, 1.807) is 11.3 Å². The van der Waals surface area contributed by atoms with Crippen LogP contribution in [0.3, 0.4) is 0 Å². The summed E-state index contributed by atoms with van der Waals surface area (Å²) >= 11 is 2.93. The fourth-order valence-electron chi connectivity index (χ4n) is 1.20. The standard InChI is InChI=1S/C11H15NO3S2/c13-10(2-1-9-3-5-16-7-9)12-4-6-17-8-11(14)15/h3,5,7H,1-2,4,6,8H2,(H,12,13)(H,14,15). The number of nitrogens with one attached hydrogen (secondary N) is 1. The van der Waals surface area contributed by atoms with E-state index >= 15 is 0 Å². The third kappa shape index (κ3) is 7.01. The highest BCUT2D eigenvalue weighted by Crippen LogP contribution is 2.08. The zero-order valence-electron chi connectivity index (χ0n) is 9.35. The van der Waals surface area contributed by atoms with Gasteiger partial charge in [0.1, 0.15) is 0 Å². The van der Waals surface area contributed by atoms with Crippen LogP contribution in [0.5, 0.6) is 0 Å². The Labute approximate surface area is 108 Å². The molecular weight excluding hydrogens is 258 g/mol. The Balaban J connectivity index is 2.00. The molecule has 0 bridgehead atoms. The Bertz CT molecular complexity index is 352. The number of thiophene rings is 1. The summed E-state index contributed by atoms with van der Waals surface area (Å²) in [5.74, 6) is -0.0766. The molecule has 17 heavy (non-hydrogen) atoms. The predicted molar refractivity (Wildman–Crippen MR) is 70.6 cm³/mol. The summed E-state index contributed by atoms with van der Waals surface area (Å²) in [5.41, 5.74) is 1.19. The second-order valence-corrected chi connectivity index (χ2v) is 5.31. The van der Waals surface area contributed by atoms with E-state index in [2.05, 4.69) is 5.32 Å². The zero-order chi connectivity index (χ0) is 12.5. The smallest absolute Gasteiger partial charge is 0.313 e. The molecule has 1 aromatic heterocycles. The van der Waals surface area contributed by atoms with Gasteiger partial charge in [0.05, 0.1) is 5.75 Å². The normalized spacial score (nSPS) is 10.1. The number of rotatable bonds is 8. The van der Waals surface area contributed by atoms with Crippen LogP contribution < -0.4 is 5.32 Å². The number of thioether (sulfide) groups is 1. The van der Waals surface area contributed by atoms with Crippen molar-refractivity contribution in [2.24, 2.45) is 0 Å². The van der Waals surface area contributed by atoms with Crippen molar-refractivity contribution >= 4 is 35.0 Å². The lowest BCUT2D eigenvalue weighted by Crippen LogP contribution is -2.26. The molecule has 0 fully saturated rings. The van der Waals surface area contributed by atoms with Crippen LogP contribution in [0.1, 0.15) is 12.0 Å². The molecule has 0 saturated heterocycles. The van der Waals surface area contributed by atoms with Crippen molar-refractivity contribution in [3.8, 4) is 0 Å². The molecule has 1 heterocycles. The fraction of sp³-hybridized carbons (Fsp3) is 0.455. The van der Waals surface area contributed by atoms with Crippen LogP contribution in [-0.4, -0.2) is 35.0 Å². The van der Waals surface area contributed by atoms with Crippen LogP contribution >= 0.6 is 23.1 Å². The van der Waals surface area contributed by atoms with Crippen molar-refractivity contribution in [3.63, 3.8) is 0 Å². The van der Waals surface area contributed by atoms with Gasteiger partial charge in [0, 0.05) is 18.7 Å². The van der Waals surface area contributed by atoms with Crippen LogP contribution in [0.2, 0.25) is 0 Å². The van der Waals surface area contributed by atoms with Gasteiger partial charge in [-0.25, -0.2) is 0 Å². The molecule has 1 rings (SSSR count).